The van der Waals surface area contributed by atoms with E-state index in [-0.39, 0.29) is 0 Å². The summed E-state index contributed by atoms with van der Waals surface area (Å²) in [5.74, 6) is 0.558. The Kier molecular flexibility index (Phi) is 5.20. The molecule has 1 fully saturated rings. The van der Waals surface area contributed by atoms with Crippen LogP contribution in [0.25, 0.3) is 0 Å². The molecule has 3 nitrogen and oxygen atoms in total. The number of nitrogens with zero attached hydrogens (tertiary/aromatic N) is 2. The van der Waals surface area contributed by atoms with Gasteiger partial charge in [0.15, 0.2) is 0 Å². The highest BCUT2D eigenvalue weighted by Crippen LogP contribution is 2.24. The van der Waals surface area contributed by atoms with E-state index in [1.165, 1.54) is 11.1 Å². The Morgan fingerprint density at radius 3 is 2.64 bits per heavy atom. The van der Waals surface area contributed by atoms with Crippen molar-refractivity contribution in [3.63, 3.8) is 0 Å². The van der Waals surface area contributed by atoms with Gasteiger partial charge < -0.3 is 9.64 Å². The average molecular weight is 296 g/mol. The van der Waals surface area contributed by atoms with Gasteiger partial charge in [0.25, 0.3) is 0 Å². The van der Waals surface area contributed by atoms with Gasteiger partial charge in [-0.3, -0.25) is 4.98 Å². The molecule has 3 heteroatoms. The minimum atomic E-state index is 0.338. The topological polar surface area (TPSA) is 25.4 Å². The number of pyridine rings is 1. The van der Waals surface area contributed by atoms with Gasteiger partial charge >= 0.3 is 0 Å². The third kappa shape index (κ3) is 4.15. The van der Waals surface area contributed by atoms with Crippen LogP contribution in [-0.4, -0.2) is 36.1 Å². The smallest absolute Gasteiger partial charge is 0.0721 e. The van der Waals surface area contributed by atoms with Gasteiger partial charge in [-0.1, -0.05) is 30.3 Å². The molecule has 1 aliphatic rings. The van der Waals surface area contributed by atoms with Gasteiger partial charge in [0, 0.05) is 31.4 Å². The Hall–Kier alpha value is -1.71. The molecule has 1 saturated heterocycles. The first-order valence-corrected chi connectivity index (χ1v) is 8.04. The van der Waals surface area contributed by atoms with E-state index in [0.717, 1.165) is 25.9 Å². The number of hydrogen-bond acceptors (Lipinski definition) is 3. The fraction of sp³-hybridized carbons (Fsp3) is 0.421. The van der Waals surface area contributed by atoms with Crippen molar-refractivity contribution in [3.05, 3.63) is 66.0 Å². The summed E-state index contributed by atoms with van der Waals surface area (Å²) in [7, 11) is 2.21. The Morgan fingerprint density at radius 2 is 1.86 bits per heavy atom. The van der Waals surface area contributed by atoms with E-state index in [1.54, 1.807) is 0 Å². The van der Waals surface area contributed by atoms with E-state index in [1.807, 2.05) is 24.5 Å². The van der Waals surface area contributed by atoms with Crippen LogP contribution in [0.1, 0.15) is 17.5 Å². The summed E-state index contributed by atoms with van der Waals surface area (Å²) >= 11 is 0. The van der Waals surface area contributed by atoms with Crippen molar-refractivity contribution in [1.29, 1.82) is 0 Å². The highest BCUT2D eigenvalue weighted by atomic mass is 16.5. The standard InChI is InChI=1S/C19H24N2O/c1-21-12-9-19(22-15-17-7-10-20-11-8-17)18(14-21)13-16-5-3-2-4-6-16/h2-8,10-11,18-19H,9,12-15H2,1H3/t18-,19+/m0/s1. The van der Waals surface area contributed by atoms with Gasteiger partial charge in [-0.2, -0.15) is 0 Å². The maximum atomic E-state index is 6.25. The molecule has 3 rings (SSSR count). The maximum absolute atomic E-state index is 6.25. The van der Waals surface area contributed by atoms with Crippen LogP contribution in [0.3, 0.4) is 0 Å². The molecule has 2 atom stereocenters. The molecule has 0 saturated carbocycles. The van der Waals surface area contributed by atoms with Gasteiger partial charge in [-0.15, -0.1) is 0 Å². The van der Waals surface area contributed by atoms with Crippen molar-refractivity contribution in [1.82, 2.24) is 9.88 Å². The van der Waals surface area contributed by atoms with Gasteiger partial charge in [-0.05, 0) is 43.1 Å². The summed E-state index contributed by atoms with van der Waals surface area (Å²) in [5, 5.41) is 0. The fourth-order valence-electron chi connectivity index (χ4n) is 3.21. The van der Waals surface area contributed by atoms with E-state index in [4.69, 9.17) is 4.74 Å². The zero-order valence-electron chi connectivity index (χ0n) is 13.2. The molecule has 0 spiro atoms. The predicted molar refractivity (Wildman–Crippen MR) is 88.6 cm³/mol. The van der Waals surface area contributed by atoms with Crippen LogP contribution < -0.4 is 0 Å². The number of hydrogen-bond donors (Lipinski definition) is 0. The van der Waals surface area contributed by atoms with Crippen molar-refractivity contribution in [2.45, 2.75) is 25.6 Å². The molecule has 1 aromatic carbocycles. The van der Waals surface area contributed by atoms with Gasteiger partial charge in [-0.25, -0.2) is 0 Å². The number of rotatable bonds is 5. The molecule has 0 aliphatic carbocycles. The van der Waals surface area contributed by atoms with Crippen molar-refractivity contribution in [2.24, 2.45) is 5.92 Å². The second-order valence-corrected chi connectivity index (χ2v) is 6.21. The molecule has 0 bridgehead atoms. The maximum Gasteiger partial charge on any atom is 0.0721 e. The van der Waals surface area contributed by atoms with Gasteiger partial charge in [0.05, 0.1) is 12.7 Å². The summed E-state index contributed by atoms with van der Waals surface area (Å²) in [5.41, 5.74) is 2.60. The van der Waals surface area contributed by atoms with Crippen molar-refractivity contribution in [2.75, 3.05) is 20.1 Å². The van der Waals surface area contributed by atoms with Gasteiger partial charge in [0.2, 0.25) is 0 Å². The summed E-state index contributed by atoms with van der Waals surface area (Å²) in [4.78, 5) is 6.48. The molecule has 0 amide bonds. The first kappa shape index (κ1) is 15.2. The Morgan fingerprint density at radius 1 is 1.09 bits per heavy atom. The third-order valence-corrected chi connectivity index (χ3v) is 4.42. The number of likely N-dealkylation sites (tertiary alicyclic amines) is 1. The summed E-state index contributed by atoms with van der Waals surface area (Å²) in [6, 6.07) is 14.8. The molecule has 116 valence electrons. The number of ether oxygens (including phenoxy) is 1. The first-order valence-electron chi connectivity index (χ1n) is 8.04. The molecule has 0 unspecified atom stereocenters. The highest BCUT2D eigenvalue weighted by Gasteiger charge is 2.28. The van der Waals surface area contributed by atoms with Crippen LogP contribution in [-0.2, 0) is 17.8 Å². The largest absolute Gasteiger partial charge is 0.373 e. The van der Waals surface area contributed by atoms with E-state index in [2.05, 4.69) is 47.3 Å². The SMILES string of the molecule is CN1CC[C@@H](OCc2ccncc2)[C@@H](Cc2ccccc2)C1. The molecule has 1 aliphatic heterocycles. The Labute approximate surface area is 132 Å². The molecule has 22 heavy (non-hydrogen) atoms. The van der Waals surface area contributed by atoms with E-state index < -0.39 is 0 Å². The second-order valence-electron chi connectivity index (χ2n) is 6.21. The number of benzene rings is 1. The van der Waals surface area contributed by atoms with Crippen molar-refractivity contribution < 1.29 is 4.74 Å². The minimum Gasteiger partial charge on any atom is -0.373 e. The predicted octanol–water partition coefficient (Wildman–Crippen LogP) is 3.16. The first-order chi connectivity index (χ1) is 10.8. The van der Waals surface area contributed by atoms with E-state index in [0.29, 0.717) is 18.6 Å². The zero-order chi connectivity index (χ0) is 15.2. The normalized spacial score (nSPS) is 22.6. The molecular formula is C19H24N2O. The average Bonchev–Trinajstić information content (AvgIpc) is 2.56. The van der Waals surface area contributed by atoms with E-state index in [9.17, 15) is 0 Å². The lowest BCUT2D eigenvalue weighted by atomic mass is 9.89. The lowest BCUT2D eigenvalue weighted by Gasteiger charge is -2.36. The minimum absolute atomic E-state index is 0.338. The number of aromatic nitrogens is 1. The quantitative estimate of drug-likeness (QED) is 0.847. The monoisotopic (exact) mass is 296 g/mol. The lowest BCUT2D eigenvalue weighted by molar-refractivity contribution is -0.0373. The van der Waals surface area contributed by atoms with Crippen LogP contribution >= 0.6 is 0 Å². The van der Waals surface area contributed by atoms with Gasteiger partial charge in [0.1, 0.15) is 0 Å². The van der Waals surface area contributed by atoms with Crippen LogP contribution in [0.4, 0.5) is 0 Å². The molecule has 0 N–H and O–H groups in total. The van der Waals surface area contributed by atoms with Crippen molar-refractivity contribution in [3.8, 4) is 0 Å². The molecular weight excluding hydrogens is 272 g/mol. The summed E-state index contributed by atoms with van der Waals surface area (Å²) in [6.07, 6.45) is 6.19. The second kappa shape index (κ2) is 7.52. The van der Waals surface area contributed by atoms with Crippen LogP contribution in [0.2, 0.25) is 0 Å². The van der Waals surface area contributed by atoms with Crippen LogP contribution in [0, 0.1) is 5.92 Å². The fourth-order valence-corrected chi connectivity index (χ4v) is 3.21. The van der Waals surface area contributed by atoms with E-state index >= 15 is 0 Å². The van der Waals surface area contributed by atoms with Crippen molar-refractivity contribution >= 4 is 0 Å². The Balaban J connectivity index is 1.62. The summed E-state index contributed by atoms with van der Waals surface area (Å²) in [6.45, 7) is 2.91. The lowest BCUT2D eigenvalue weighted by Crippen LogP contribution is -2.43. The molecule has 2 aromatic rings. The zero-order valence-corrected chi connectivity index (χ0v) is 13.2. The summed E-state index contributed by atoms with van der Waals surface area (Å²) < 4.78 is 6.25. The number of piperidine rings is 1. The highest BCUT2D eigenvalue weighted by molar-refractivity contribution is 5.16. The molecule has 1 aromatic heterocycles. The molecule has 2 heterocycles. The van der Waals surface area contributed by atoms with Crippen LogP contribution in [0.5, 0.6) is 0 Å². The van der Waals surface area contributed by atoms with Crippen LogP contribution in [0.15, 0.2) is 54.9 Å². The third-order valence-electron chi connectivity index (χ3n) is 4.42. The Bertz CT molecular complexity index is 558. The molecule has 0 radical (unpaired) electrons.